The predicted octanol–water partition coefficient (Wildman–Crippen LogP) is 1.12. The molecule has 2 heterocycles. The Morgan fingerprint density at radius 3 is 3.00 bits per heavy atom. The summed E-state index contributed by atoms with van der Waals surface area (Å²) in [6, 6.07) is 6.95. The molecular weight excluding hydrogens is 256 g/mol. The number of rotatable bonds is 2. The van der Waals surface area contributed by atoms with Gasteiger partial charge in [-0.05, 0) is 25.0 Å². The maximum Gasteiger partial charge on any atom is 0.259 e. The van der Waals surface area contributed by atoms with Crippen LogP contribution in [0.25, 0.3) is 10.9 Å². The summed E-state index contributed by atoms with van der Waals surface area (Å²) in [5.74, 6) is -0.298. The lowest BCUT2D eigenvalue weighted by Crippen LogP contribution is -2.39. The highest BCUT2D eigenvalue weighted by molar-refractivity contribution is 5.97. The van der Waals surface area contributed by atoms with Gasteiger partial charge in [-0.1, -0.05) is 12.1 Å². The van der Waals surface area contributed by atoms with E-state index in [9.17, 15) is 14.7 Å². The summed E-state index contributed by atoms with van der Waals surface area (Å²) in [5.41, 5.74) is 0.603. The van der Waals surface area contributed by atoms with Gasteiger partial charge >= 0.3 is 0 Å². The molecule has 2 N–H and O–H groups in total. The molecule has 0 bridgehead atoms. The number of nitrogens with zero attached hydrogens (tertiary/aromatic N) is 1. The Morgan fingerprint density at radius 2 is 2.20 bits per heavy atom. The highest BCUT2D eigenvalue weighted by Crippen LogP contribution is 2.19. The van der Waals surface area contributed by atoms with Crippen molar-refractivity contribution in [3.05, 3.63) is 46.2 Å². The summed E-state index contributed by atoms with van der Waals surface area (Å²) in [5, 5.41) is 9.81. The minimum atomic E-state index is -0.298. The average molecular weight is 272 g/mol. The van der Waals surface area contributed by atoms with E-state index >= 15 is 0 Å². The topological polar surface area (TPSA) is 73.4 Å². The van der Waals surface area contributed by atoms with Crippen molar-refractivity contribution in [3.8, 4) is 0 Å². The molecule has 1 atom stereocenters. The van der Waals surface area contributed by atoms with E-state index in [0.29, 0.717) is 17.4 Å². The molecule has 20 heavy (non-hydrogen) atoms. The van der Waals surface area contributed by atoms with Crippen LogP contribution in [0.3, 0.4) is 0 Å². The lowest BCUT2D eigenvalue weighted by atomic mass is 10.1. The lowest BCUT2D eigenvalue weighted by molar-refractivity contribution is 0.0676. The van der Waals surface area contributed by atoms with Crippen LogP contribution in [0.2, 0.25) is 0 Å². The molecule has 2 aromatic rings. The number of hydrogen-bond donors (Lipinski definition) is 2. The van der Waals surface area contributed by atoms with Crippen molar-refractivity contribution in [2.24, 2.45) is 0 Å². The largest absolute Gasteiger partial charge is 0.394 e. The van der Waals surface area contributed by atoms with Crippen molar-refractivity contribution in [2.75, 3.05) is 13.2 Å². The van der Waals surface area contributed by atoms with E-state index in [4.69, 9.17) is 0 Å². The molecule has 1 saturated heterocycles. The van der Waals surface area contributed by atoms with Crippen LogP contribution in [0, 0.1) is 0 Å². The Morgan fingerprint density at radius 1 is 1.40 bits per heavy atom. The molecule has 1 aliphatic rings. The van der Waals surface area contributed by atoms with Gasteiger partial charge in [-0.2, -0.15) is 0 Å². The number of pyridine rings is 1. The number of fused-ring (bicyclic) bond motifs is 1. The molecule has 104 valence electrons. The summed E-state index contributed by atoms with van der Waals surface area (Å²) >= 11 is 0. The van der Waals surface area contributed by atoms with Gasteiger partial charge in [0, 0.05) is 23.6 Å². The first-order valence-electron chi connectivity index (χ1n) is 6.74. The number of carbonyl (C=O) groups is 1. The van der Waals surface area contributed by atoms with Gasteiger partial charge in [0.2, 0.25) is 5.43 Å². The Hall–Kier alpha value is -2.14. The van der Waals surface area contributed by atoms with Gasteiger partial charge in [0.1, 0.15) is 5.56 Å². The third-order valence-electron chi connectivity index (χ3n) is 3.87. The summed E-state index contributed by atoms with van der Waals surface area (Å²) in [7, 11) is 0. The van der Waals surface area contributed by atoms with Crippen LogP contribution >= 0.6 is 0 Å². The molecule has 1 fully saturated rings. The molecule has 5 nitrogen and oxygen atoms in total. The van der Waals surface area contributed by atoms with Crippen molar-refractivity contribution < 1.29 is 9.90 Å². The van der Waals surface area contributed by atoms with E-state index in [-0.39, 0.29) is 29.5 Å². The van der Waals surface area contributed by atoms with Gasteiger partial charge < -0.3 is 15.0 Å². The van der Waals surface area contributed by atoms with Crippen molar-refractivity contribution in [2.45, 2.75) is 18.9 Å². The first kappa shape index (κ1) is 12.9. The number of amides is 1. The van der Waals surface area contributed by atoms with E-state index in [1.165, 1.54) is 6.20 Å². The van der Waals surface area contributed by atoms with E-state index in [1.54, 1.807) is 23.1 Å². The Bertz CT molecular complexity index is 708. The molecule has 0 aliphatic carbocycles. The molecule has 1 unspecified atom stereocenters. The quantitative estimate of drug-likeness (QED) is 0.860. The summed E-state index contributed by atoms with van der Waals surface area (Å²) in [4.78, 5) is 29.5. The third kappa shape index (κ3) is 2.00. The van der Waals surface area contributed by atoms with E-state index < -0.39 is 0 Å². The number of aliphatic hydroxyl groups is 1. The van der Waals surface area contributed by atoms with Crippen LogP contribution in [-0.4, -0.2) is 40.1 Å². The van der Waals surface area contributed by atoms with Crippen LogP contribution in [0.4, 0.5) is 0 Å². The van der Waals surface area contributed by atoms with Gasteiger partial charge in [-0.15, -0.1) is 0 Å². The van der Waals surface area contributed by atoms with Gasteiger partial charge in [0.05, 0.1) is 12.6 Å². The minimum absolute atomic E-state index is 0.0583. The van der Waals surface area contributed by atoms with Crippen molar-refractivity contribution >= 4 is 16.8 Å². The monoisotopic (exact) mass is 272 g/mol. The van der Waals surface area contributed by atoms with Gasteiger partial charge in [0.25, 0.3) is 5.91 Å². The standard InChI is InChI=1S/C15H16N2O3/c18-9-10-4-3-7-17(10)15(20)12-8-16-13-6-2-1-5-11(13)14(12)19/h1-2,5-6,8,10,18H,3-4,7,9H2,(H,16,19). The number of aromatic amines is 1. The van der Waals surface area contributed by atoms with Crippen molar-refractivity contribution in [1.82, 2.24) is 9.88 Å². The maximum absolute atomic E-state index is 12.5. The molecule has 1 aromatic carbocycles. The molecule has 1 amide bonds. The third-order valence-corrected chi connectivity index (χ3v) is 3.87. The number of para-hydroxylation sites is 1. The molecule has 1 aromatic heterocycles. The zero-order valence-corrected chi connectivity index (χ0v) is 11.0. The first-order valence-corrected chi connectivity index (χ1v) is 6.74. The summed E-state index contributed by atoms with van der Waals surface area (Å²) in [6.45, 7) is 0.535. The normalized spacial score (nSPS) is 18.6. The molecule has 5 heteroatoms. The number of carbonyl (C=O) groups excluding carboxylic acids is 1. The molecule has 0 radical (unpaired) electrons. The molecule has 0 spiro atoms. The fourth-order valence-corrected chi connectivity index (χ4v) is 2.77. The Labute approximate surface area is 115 Å². The number of nitrogens with one attached hydrogen (secondary N) is 1. The second-order valence-corrected chi connectivity index (χ2v) is 5.05. The fraction of sp³-hybridized carbons (Fsp3) is 0.333. The van der Waals surface area contributed by atoms with Gasteiger partial charge in [-0.3, -0.25) is 9.59 Å². The van der Waals surface area contributed by atoms with Gasteiger partial charge in [0.15, 0.2) is 0 Å². The van der Waals surface area contributed by atoms with E-state index in [1.807, 2.05) is 6.07 Å². The molecule has 1 aliphatic heterocycles. The number of hydrogen-bond acceptors (Lipinski definition) is 3. The van der Waals surface area contributed by atoms with Crippen molar-refractivity contribution in [3.63, 3.8) is 0 Å². The van der Waals surface area contributed by atoms with Crippen molar-refractivity contribution in [1.29, 1.82) is 0 Å². The van der Waals surface area contributed by atoms with Crippen LogP contribution < -0.4 is 5.43 Å². The van der Waals surface area contributed by atoms with Crippen LogP contribution in [-0.2, 0) is 0 Å². The molecular formula is C15H16N2O3. The summed E-state index contributed by atoms with van der Waals surface area (Å²) in [6.07, 6.45) is 3.12. The zero-order chi connectivity index (χ0) is 14.1. The highest BCUT2D eigenvalue weighted by atomic mass is 16.3. The minimum Gasteiger partial charge on any atom is -0.394 e. The SMILES string of the molecule is O=C(c1c[nH]c2ccccc2c1=O)N1CCCC1CO. The molecule has 3 rings (SSSR count). The van der Waals surface area contributed by atoms with Crippen LogP contribution in [0.5, 0.6) is 0 Å². The second-order valence-electron chi connectivity index (χ2n) is 5.05. The number of aromatic nitrogens is 1. The van der Waals surface area contributed by atoms with Gasteiger partial charge in [-0.25, -0.2) is 0 Å². The maximum atomic E-state index is 12.5. The van der Waals surface area contributed by atoms with Crippen LogP contribution in [0.15, 0.2) is 35.3 Å². The Balaban J connectivity index is 2.04. The van der Waals surface area contributed by atoms with E-state index in [0.717, 1.165) is 12.8 Å². The van der Waals surface area contributed by atoms with E-state index in [2.05, 4.69) is 4.98 Å². The lowest BCUT2D eigenvalue weighted by Gasteiger charge is -2.22. The number of aliphatic hydroxyl groups excluding tert-OH is 1. The first-order chi connectivity index (χ1) is 9.72. The fourth-order valence-electron chi connectivity index (χ4n) is 2.77. The predicted molar refractivity (Wildman–Crippen MR) is 75.7 cm³/mol. The molecule has 0 saturated carbocycles. The zero-order valence-electron chi connectivity index (χ0n) is 11.0. The Kier molecular flexibility index (Phi) is 3.28. The highest BCUT2D eigenvalue weighted by Gasteiger charge is 2.30. The van der Waals surface area contributed by atoms with Crippen LogP contribution in [0.1, 0.15) is 23.2 Å². The summed E-state index contributed by atoms with van der Waals surface area (Å²) < 4.78 is 0. The number of H-pyrrole nitrogens is 1. The number of likely N-dealkylation sites (tertiary alicyclic amines) is 1. The second kappa shape index (κ2) is 5.09. The average Bonchev–Trinajstić information content (AvgIpc) is 2.96. The number of benzene rings is 1. The smallest absolute Gasteiger partial charge is 0.259 e.